The van der Waals surface area contributed by atoms with Crippen LogP contribution in [0.4, 0.5) is 8.78 Å². The summed E-state index contributed by atoms with van der Waals surface area (Å²) in [4.78, 5) is 12.3. The zero-order chi connectivity index (χ0) is 15.8. The fourth-order valence-corrected chi connectivity index (χ4v) is 2.47. The van der Waals surface area contributed by atoms with Gasteiger partial charge in [-0.05, 0) is 31.4 Å². The lowest BCUT2D eigenvalue weighted by Gasteiger charge is -2.33. The number of nitrogens with two attached hydrogens (primary N) is 1. The lowest BCUT2D eigenvalue weighted by molar-refractivity contribution is -0.124. The van der Waals surface area contributed by atoms with E-state index in [2.05, 4.69) is 5.32 Å². The van der Waals surface area contributed by atoms with E-state index in [1.54, 1.807) is 0 Å². The molecule has 0 saturated heterocycles. The minimum absolute atomic E-state index is 0.0247. The van der Waals surface area contributed by atoms with Gasteiger partial charge in [-0.1, -0.05) is 19.9 Å². The summed E-state index contributed by atoms with van der Waals surface area (Å²) in [5.74, 6) is -1.92. The van der Waals surface area contributed by atoms with E-state index in [0.29, 0.717) is 13.0 Å². The highest BCUT2D eigenvalue weighted by atomic mass is 19.1. The Kier molecular flexibility index (Phi) is 4.33. The maximum Gasteiger partial charge on any atom is 0.224 e. The average Bonchev–Trinajstić information content (AvgIpc) is 3.18. The molecule has 0 aliphatic heterocycles. The predicted octanol–water partition coefficient (Wildman–Crippen LogP) is 2.56. The van der Waals surface area contributed by atoms with Gasteiger partial charge in [-0.2, -0.15) is 0 Å². The van der Waals surface area contributed by atoms with Crippen LogP contribution in [-0.2, 0) is 4.79 Å². The molecule has 1 fully saturated rings. The maximum absolute atomic E-state index is 13.7. The second-order valence-electron chi connectivity index (χ2n) is 6.35. The van der Waals surface area contributed by atoms with Gasteiger partial charge in [-0.3, -0.25) is 4.79 Å². The summed E-state index contributed by atoms with van der Waals surface area (Å²) in [6.07, 6.45) is 0.475. The molecule has 0 heterocycles. The highest BCUT2D eigenvalue weighted by molar-refractivity contribution is 5.83. The van der Waals surface area contributed by atoms with Gasteiger partial charge < -0.3 is 11.1 Å². The molecule has 0 aromatic heterocycles. The van der Waals surface area contributed by atoms with Gasteiger partial charge >= 0.3 is 0 Å². The van der Waals surface area contributed by atoms with E-state index < -0.39 is 17.2 Å². The zero-order valence-electron chi connectivity index (χ0n) is 12.6. The van der Waals surface area contributed by atoms with Gasteiger partial charge in [0, 0.05) is 23.9 Å². The third-order valence-electron chi connectivity index (χ3n) is 4.60. The molecule has 1 saturated carbocycles. The van der Waals surface area contributed by atoms with Crippen LogP contribution in [0.1, 0.15) is 38.7 Å². The van der Waals surface area contributed by atoms with Crippen LogP contribution in [0.3, 0.4) is 0 Å². The Morgan fingerprint density at radius 3 is 2.48 bits per heavy atom. The largest absolute Gasteiger partial charge is 0.349 e. The van der Waals surface area contributed by atoms with Gasteiger partial charge in [0.15, 0.2) is 0 Å². The van der Waals surface area contributed by atoms with E-state index in [4.69, 9.17) is 5.73 Å². The molecule has 116 valence electrons. The molecule has 0 radical (unpaired) electrons. The van der Waals surface area contributed by atoms with Crippen LogP contribution in [-0.4, -0.2) is 18.0 Å². The average molecular weight is 296 g/mol. The molecule has 3 atom stereocenters. The minimum atomic E-state index is -0.583. The van der Waals surface area contributed by atoms with Gasteiger partial charge in [-0.25, -0.2) is 8.78 Å². The van der Waals surface area contributed by atoms with E-state index >= 15 is 0 Å². The number of hydrogen-bond acceptors (Lipinski definition) is 2. The monoisotopic (exact) mass is 296 g/mol. The van der Waals surface area contributed by atoms with Gasteiger partial charge in [0.1, 0.15) is 11.6 Å². The second-order valence-corrected chi connectivity index (χ2v) is 6.35. The third-order valence-corrected chi connectivity index (χ3v) is 4.60. The lowest BCUT2D eigenvalue weighted by atomic mass is 9.88. The van der Waals surface area contributed by atoms with Crippen LogP contribution in [0.25, 0.3) is 0 Å². The third kappa shape index (κ3) is 3.07. The molecule has 3 unspecified atom stereocenters. The quantitative estimate of drug-likeness (QED) is 0.877. The molecule has 1 aromatic carbocycles. The Balaban J connectivity index is 2.08. The van der Waals surface area contributed by atoms with Crippen LogP contribution >= 0.6 is 0 Å². The van der Waals surface area contributed by atoms with Crippen molar-refractivity contribution in [1.82, 2.24) is 5.32 Å². The summed E-state index contributed by atoms with van der Waals surface area (Å²) >= 11 is 0. The normalized spacial score (nSPS) is 23.8. The zero-order valence-corrected chi connectivity index (χ0v) is 12.6. The van der Waals surface area contributed by atoms with E-state index in [1.807, 2.05) is 20.8 Å². The molecule has 0 bridgehead atoms. The minimum Gasteiger partial charge on any atom is -0.349 e. The molecule has 1 aromatic rings. The summed E-state index contributed by atoms with van der Waals surface area (Å²) in [6, 6.07) is 3.78. The van der Waals surface area contributed by atoms with Gasteiger partial charge in [-0.15, -0.1) is 0 Å². The Bertz CT molecular complexity index is 527. The van der Waals surface area contributed by atoms with Crippen LogP contribution < -0.4 is 11.1 Å². The van der Waals surface area contributed by atoms with Crippen molar-refractivity contribution in [2.45, 2.75) is 38.6 Å². The van der Waals surface area contributed by atoms with Crippen molar-refractivity contribution in [1.29, 1.82) is 0 Å². The number of benzene rings is 1. The molecule has 3 N–H and O–H groups in total. The van der Waals surface area contributed by atoms with Gasteiger partial charge in [0.2, 0.25) is 5.91 Å². The number of rotatable bonds is 5. The van der Waals surface area contributed by atoms with Crippen molar-refractivity contribution in [2.24, 2.45) is 17.6 Å². The standard InChI is InChI=1S/C16H22F2N2O/c1-9(2)16(3,8-19)20-15(21)11-7-10(11)14-12(17)5-4-6-13(14)18/h4-6,9-11H,7-8,19H2,1-3H3,(H,20,21). The predicted molar refractivity (Wildman–Crippen MR) is 77.6 cm³/mol. The molecular weight excluding hydrogens is 274 g/mol. The first kappa shape index (κ1) is 15.9. The van der Waals surface area contributed by atoms with Crippen molar-refractivity contribution >= 4 is 5.91 Å². The number of hydrogen-bond donors (Lipinski definition) is 2. The fourth-order valence-electron chi connectivity index (χ4n) is 2.47. The summed E-state index contributed by atoms with van der Waals surface area (Å²) in [6.45, 7) is 6.17. The van der Waals surface area contributed by atoms with E-state index in [-0.39, 0.29) is 29.2 Å². The number of halogens is 2. The van der Waals surface area contributed by atoms with Gasteiger partial charge in [0.25, 0.3) is 0 Å². The maximum atomic E-state index is 13.7. The summed E-state index contributed by atoms with van der Waals surface area (Å²) < 4.78 is 27.4. The lowest BCUT2D eigenvalue weighted by Crippen LogP contribution is -2.55. The summed E-state index contributed by atoms with van der Waals surface area (Å²) in [5, 5.41) is 2.93. The first-order chi connectivity index (χ1) is 9.80. The molecule has 1 aliphatic rings. The molecule has 21 heavy (non-hydrogen) atoms. The van der Waals surface area contributed by atoms with E-state index in [0.717, 1.165) is 0 Å². The Morgan fingerprint density at radius 1 is 1.43 bits per heavy atom. The van der Waals surface area contributed by atoms with Crippen LogP contribution in [0, 0.1) is 23.5 Å². The van der Waals surface area contributed by atoms with Crippen molar-refractivity contribution in [2.75, 3.05) is 6.54 Å². The highest BCUT2D eigenvalue weighted by Gasteiger charge is 2.48. The first-order valence-corrected chi connectivity index (χ1v) is 7.26. The molecule has 1 amide bonds. The van der Waals surface area contributed by atoms with Crippen molar-refractivity contribution in [3.05, 3.63) is 35.4 Å². The Hall–Kier alpha value is -1.49. The molecular formula is C16H22F2N2O. The molecule has 3 nitrogen and oxygen atoms in total. The van der Waals surface area contributed by atoms with Crippen LogP contribution in [0.2, 0.25) is 0 Å². The number of carbonyl (C=O) groups is 1. The SMILES string of the molecule is CC(C)C(C)(CN)NC(=O)C1CC1c1c(F)cccc1F. The molecule has 2 rings (SSSR count). The summed E-state index contributed by atoms with van der Waals surface area (Å²) in [5.41, 5.74) is 5.26. The van der Waals surface area contributed by atoms with Gasteiger partial charge in [0.05, 0.1) is 5.54 Å². The van der Waals surface area contributed by atoms with Crippen molar-refractivity contribution in [3.8, 4) is 0 Å². The van der Waals surface area contributed by atoms with Crippen LogP contribution in [0.15, 0.2) is 18.2 Å². The number of amides is 1. The fraction of sp³-hybridized carbons (Fsp3) is 0.562. The molecule has 0 spiro atoms. The van der Waals surface area contributed by atoms with Crippen molar-refractivity contribution < 1.29 is 13.6 Å². The van der Waals surface area contributed by atoms with E-state index in [1.165, 1.54) is 18.2 Å². The number of nitrogens with one attached hydrogen (secondary N) is 1. The molecule has 5 heteroatoms. The highest BCUT2D eigenvalue weighted by Crippen LogP contribution is 2.49. The Labute approximate surface area is 123 Å². The molecule has 1 aliphatic carbocycles. The first-order valence-electron chi connectivity index (χ1n) is 7.26. The van der Waals surface area contributed by atoms with Crippen LogP contribution in [0.5, 0.6) is 0 Å². The topological polar surface area (TPSA) is 55.1 Å². The number of carbonyl (C=O) groups excluding carboxylic acids is 1. The smallest absolute Gasteiger partial charge is 0.224 e. The Morgan fingerprint density at radius 2 is 2.00 bits per heavy atom. The van der Waals surface area contributed by atoms with Crippen molar-refractivity contribution in [3.63, 3.8) is 0 Å². The van der Waals surface area contributed by atoms with E-state index in [9.17, 15) is 13.6 Å². The summed E-state index contributed by atoms with van der Waals surface area (Å²) in [7, 11) is 0. The second kappa shape index (κ2) is 5.72.